The molecule has 21 heavy (non-hydrogen) atoms. The number of halogens is 2. The van der Waals surface area contributed by atoms with Crippen LogP contribution >= 0.6 is 11.6 Å². The van der Waals surface area contributed by atoms with E-state index >= 15 is 0 Å². The van der Waals surface area contributed by atoms with Crippen molar-refractivity contribution in [1.29, 1.82) is 0 Å². The maximum atomic E-state index is 13.5. The largest absolute Gasteiger partial charge is 0.380 e. The van der Waals surface area contributed by atoms with Crippen LogP contribution in [0.4, 0.5) is 4.39 Å². The monoisotopic (exact) mass is 335 g/mol. The molecular formula is C14H19ClFNO3S. The minimum absolute atomic E-state index is 0.0626. The predicted molar refractivity (Wildman–Crippen MR) is 79.3 cm³/mol. The van der Waals surface area contributed by atoms with Crippen LogP contribution < -0.4 is 0 Å². The molecule has 1 aromatic rings. The van der Waals surface area contributed by atoms with E-state index in [2.05, 4.69) is 0 Å². The van der Waals surface area contributed by atoms with Crippen LogP contribution in [0.5, 0.6) is 0 Å². The zero-order valence-electron chi connectivity index (χ0n) is 12.1. The van der Waals surface area contributed by atoms with Crippen molar-refractivity contribution in [3.8, 4) is 0 Å². The van der Waals surface area contributed by atoms with Gasteiger partial charge >= 0.3 is 0 Å². The molecule has 1 aliphatic heterocycles. The molecule has 0 aromatic heterocycles. The smallest absolute Gasteiger partial charge is 0.243 e. The zero-order chi connectivity index (χ0) is 15.6. The van der Waals surface area contributed by atoms with E-state index in [1.165, 1.54) is 16.4 Å². The fourth-order valence-electron chi connectivity index (χ4n) is 2.49. The van der Waals surface area contributed by atoms with E-state index in [-0.39, 0.29) is 22.4 Å². The van der Waals surface area contributed by atoms with Gasteiger partial charge in [0.15, 0.2) is 0 Å². The van der Waals surface area contributed by atoms with E-state index in [9.17, 15) is 12.8 Å². The molecule has 4 nitrogen and oxygen atoms in total. The van der Waals surface area contributed by atoms with E-state index in [0.29, 0.717) is 19.0 Å². The number of rotatable bonds is 4. The molecule has 0 radical (unpaired) electrons. The molecule has 1 fully saturated rings. The standard InChI is InChI=1S/C14H19ClFNO3S/c1-10-5-6-17(9-14(10)20-2)21(18,19)12-3-4-13(16)11(7-12)8-15/h3-4,7,10,14H,5-6,8-9H2,1-2H3. The number of sulfonamides is 1. The number of nitrogens with zero attached hydrogens (tertiary/aromatic N) is 1. The van der Waals surface area contributed by atoms with Gasteiger partial charge in [-0.25, -0.2) is 12.8 Å². The second-order valence-corrected chi connectivity index (χ2v) is 7.50. The summed E-state index contributed by atoms with van der Waals surface area (Å²) in [6.07, 6.45) is 0.614. The average Bonchev–Trinajstić information content (AvgIpc) is 2.47. The van der Waals surface area contributed by atoms with Gasteiger partial charge in [0.1, 0.15) is 5.82 Å². The van der Waals surface area contributed by atoms with Gasteiger partial charge in [-0.2, -0.15) is 4.31 Å². The van der Waals surface area contributed by atoms with Gasteiger partial charge in [-0.3, -0.25) is 0 Å². The van der Waals surface area contributed by atoms with Crippen molar-refractivity contribution < 1.29 is 17.5 Å². The van der Waals surface area contributed by atoms with Crippen LogP contribution in [0, 0.1) is 11.7 Å². The molecule has 2 unspecified atom stereocenters. The second-order valence-electron chi connectivity index (χ2n) is 5.29. The number of benzene rings is 1. The first-order valence-corrected chi connectivity index (χ1v) is 8.75. The second kappa shape index (κ2) is 6.60. The number of hydrogen-bond donors (Lipinski definition) is 0. The first kappa shape index (κ1) is 16.7. The summed E-state index contributed by atoms with van der Waals surface area (Å²) in [5.74, 6) is -0.244. The Bertz CT molecular complexity index is 608. The highest BCUT2D eigenvalue weighted by molar-refractivity contribution is 7.89. The third-order valence-corrected chi connectivity index (χ3v) is 6.10. The molecule has 0 amide bonds. The van der Waals surface area contributed by atoms with E-state index in [1.54, 1.807) is 7.11 Å². The molecule has 118 valence electrons. The summed E-state index contributed by atoms with van der Waals surface area (Å²) in [6, 6.07) is 3.73. The highest BCUT2D eigenvalue weighted by Gasteiger charge is 2.34. The predicted octanol–water partition coefficient (Wildman–Crippen LogP) is 2.61. The maximum Gasteiger partial charge on any atom is 0.243 e. The Morgan fingerprint density at radius 1 is 1.48 bits per heavy atom. The number of alkyl halides is 1. The molecular weight excluding hydrogens is 317 g/mol. The molecule has 0 saturated carbocycles. The van der Waals surface area contributed by atoms with Gasteiger partial charge in [0.2, 0.25) is 10.0 Å². The van der Waals surface area contributed by atoms with Crippen LogP contribution in [0.1, 0.15) is 18.9 Å². The Morgan fingerprint density at radius 2 is 2.19 bits per heavy atom. The molecule has 1 saturated heterocycles. The van der Waals surface area contributed by atoms with Crippen LogP contribution in [-0.4, -0.2) is 39.0 Å². The lowest BCUT2D eigenvalue weighted by atomic mass is 9.97. The molecule has 0 spiro atoms. The molecule has 1 aromatic carbocycles. The first-order chi connectivity index (χ1) is 9.90. The summed E-state index contributed by atoms with van der Waals surface area (Å²) in [7, 11) is -2.07. The third-order valence-electron chi connectivity index (χ3n) is 3.95. The first-order valence-electron chi connectivity index (χ1n) is 6.77. The Morgan fingerprint density at radius 3 is 2.81 bits per heavy atom. The van der Waals surface area contributed by atoms with E-state index in [0.717, 1.165) is 12.5 Å². The maximum absolute atomic E-state index is 13.5. The lowest BCUT2D eigenvalue weighted by Crippen LogP contribution is -2.46. The molecule has 0 bridgehead atoms. The summed E-state index contributed by atoms with van der Waals surface area (Å²) < 4.78 is 45.5. The van der Waals surface area contributed by atoms with Gasteiger partial charge in [-0.05, 0) is 30.5 Å². The highest BCUT2D eigenvalue weighted by Crippen LogP contribution is 2.26. The van der Waals surface area contributed by atoms with Crippen LogP contribution in [-0.2, 0) is 20.6 Å². The average molecular weight is 336 g/mol. The zero-order valence-corrected chi connectivity index (χ0v) is 13.6. The fourth-order valence-corrected chi connectivity index (χ4v) is 4.22. The van der Waals surface area contributed by atoms with Gasteiger partial charge in [0.25, 0.3) is 0 Å². The van der Waals surface area contributed by atoms with Crippen LogP contribution in [0.15, 0.2) is 23.1 Å². The van der Waals surface area contributed by atoms with Gasteiger partial charge in [-0.15, -0.1) is 11.6 Å². The third kappa shape index (κ3) is 3.39. The summed E-state index contributed by atoms with van der Waals surface area (Å²) in [5.41, 5.74) is 0.186. The summed E-state index contributed by atoms with van der Waals surface area (Å²) in [6.45, 7) is 2.80. The Kier molecular flexibility index (Phi) is 5.24. The summed E-state index contributed by atoms with van der Waals surface area (Å²) in [4.78, 5) is 0.0731. The molecule has 2 rings (SSSR count). The Balaban J connectivity index is 2.30. The normalized spacial score (nSPS) is 24.2. The van der Waals surface area contributed by atoms with Crippen molar-refractivity contribution in [2.45, 2.75) is 30.2 Å². The van der Waals surface area contributed by atoms with Crippen LogP contribution in [0.3, 0.4) is 0 Å². The van der Waals surface area contributed by atoms with Gasteiger partial charge in [-0.1, -0.05) is 6.92 Å². The van der Waals surface area contributed by atoms with E-state index < -0.39 is 15.8 Å². The number of ether oxygens (including phenoxy) is 1. The van der Waals surface area contributed by atoms with Crippen molar-refractivity contribution in [1.82, 2.24) is 4.31 Å². The number of methoxy groups -OCH3 is 1. The van der Waals surface area contributed by atoms with E-state index in [4.69, 9.17) is 16.3 Å². The molecule has 0 N–H and O–H groups in total. The molecule has 2 atom stereocenters. The molecule has 1 heterocycles. The SMILES string of the molecule is COC1CN(S(=O)(=O)c2ccc(F)c(CCl)c2)CCC1C. The molecule has 0 aliphatic carbocycles. The van der Waals surface area contributed by atoms with Crippen molar-refractivity contribution in [3.63, 3.8) is 0 Å². The van der Waals surface area contributed by atoms with Crippen molar-refractivity contribution >= 4 is 21.6 Å². The summed E-state index contributed by atoms with van der Waals surface area (Å²) in [5, 5.41) is 0. The Labute approximate surface area is 129 Å². The number of hydrogen-bond acceptors (Lipinski definition) is 3. The minimum atomic E-state index is -3.65. The van der Waals surface area contributed by atoms with Gasteiger partial charge < -0.3 is 4.74 Å². The van der Waals surface area contributed by atoms with Crippen molar-refractivity contribution in [2.24, 2.45) is 5.92 Å². The van der Waals surface area contributed by atoms with Crippen molar-refractivity contribution in [2.75, 3.05) is 20.2 Å². The fraction of sp³-hybridized carbons (Fsp3) is 0.571. The van der Waals surface area contributed by atoms with Crippen LogP contribution in [0.2, 0.25) is 0 Å². The minimum Gasteiger partial charge on any atom is -0.380 e. The highest BCUT2D eigenvalue weighted by atomic mass is 35.5. The summed E-state index contributed by atoms with van der Waals surface area (Å²) >= 11 is 5.64. The molecule has 7 heteroatoms. The Hall–Kier alpha value is -0.690. The van der Waals surface area contributed by atoms with Crippen LogP contribution in [0.25, 0.3) is 0 Å². The van der Waals surface area contributed by atoms with Crippen molar-refractivity contribution in [3.05, 3.63) is 29.6 Å². The number of piperidine rings is 1. The lowest BCUT2D eigenvalue weighted by Gasteiger charge is -2.35. The van der Waals surface area contributed by atoms with E-state index in [1.807, 2.05) is 6.92 Å². The quantitative estimate of drug-likeness (QED) is 0.795. The molecule has 1 aliphatic rings. The van der Waals surface area contributed by atoms with Gasteiger partial charge in [0, 0.05) is 25.8 Å². The topological polar surface area (TPSA) is 46.6 Å². The van der Waals surface area contributed by atoms with Gasteiger partial charge in [0.05, 0.1) is 16.9 Å². The lowest BCUT2D eigenvalue weighted by molar-refractivity contribution is 0.0184.